The van der Waals surface area contributed by atoms with E-state index >= 15 is 0 Å². The van der Waals surface area contributed by atoms with E-state index in [1.54, 1.807) is 78.3 Å². The molecule has 1 saturated heterocycles. The second-order valence-corrected chi connectivity index (χ2v) is 8.39. The molecule has 2 heterocycles. The molecule has 3 aromatic rings. The summed E-state index contributed by atoms with van der Waals surface area (Å²) in [6, 6.07) is 17.3. The highest BCUT2D eigenvalue weighted by Gasteiger charge is 2.45. The Bertz CT molecular complexity index is 1150. The van der Waals surface area contributed by atoms with Gasteiger partial charge >= 0.3 is 0 Å². The Kier molecular flexibility index (Phi) is 6.26. The van der Waals surface area contributed by atoms with Crippen molar-refractivity contribution < 1.29 is 14.4 Å². The van der Waals surface area contributed by atoms with Gasteiger partial charge in [-0.1, -0.05) is 24.3 Å². The molecule has 0 saturated carbocycles. The number of amides is 3. The summed E-state index contributed by atoms with van der Waals surface area (Å²) in [4.78, 5) is 40.5. The Hall–Kier alpha value is -3.94. The van der Waals surface area contributed by atoms with Crippen LogP contribution in [0.1, 0.15) is 43.1 Å². The molecule has 2 atom stereocenters. The first kappa shape index (κ1) is 22.3. The molecule has 1 fully saturated rings. The molecule has 0 bridgehead atoms. The molecule has 0 radical (unpaired) electrons. The van der Waals surface area contributed by atoms with E-state index in [2.05, 4.69) is 15.7 Å². The minimum absolute atomic E-state index is 0.153. The van der Waals surface area contributed by atoms with Crippen LogP contribution in [0.3, 0.4) is 0 Å². The van der Waals surface area contributed by atoms with Crippen LogP contribution in [-0.2, 0) is 9.59 Å². The largest absolute Gasteiger partial charge is 0.324 e. The number of nitrogens with zero attached hydrogens (tertiary/aromatic N) is 3. The average molecular weight is 446 g/mol. The van der Waals surface area contributed by atoms with Crippen LogP contribution in [0.25, 0.3) is 0 Å². The van der Waals surface area contributed by atoms with Crippen molar-refractivity contribution in [1.29, 1.82) is 0 Å². The van der Waals surface area contributed by atoms with E-state index in [0.29, 0.717) is 29.9 Å². The predicted octanol–water partition coefficient (Wildman–Crippen LogP) is 3.72. The number of carbonyl (C=O) groups excluding carboxylic acids is 3. The van der Waals surface area contributed by atoms with Crippen LogP contribution in [-0.4, -0.2) is 44.5 Å². The maximum absolute atomic E-state index is 13.3. The lowest BCUT2D eigenvalue weighted by atomic mass is 9.96. The molecule has 0 spiro atoms. The molecule has 3 amide bonds. The van der Waals surface area contributed by atoms with Crippen LogP contribution in [0.4, 0.5) is 11.4 Å². The van der Waals surface area contributed by atoms with Crippen molar-refractivity contribution in [3.05, 3.63) is 78.6 Å². The summed E-state index contributed by atoms with van der Waals surface area (Å²) in [5, 5.41) is 9.88. The molecular formula is C25H27N5O3. The smallest absolute Gasteiger partial charge is 0.254 e. The van der Waals surface area contributed by atoms with E-state index in [1.165, 1.54) is 0 Å². The highest BCUT2D eigenvalue weighted by molar-refractivity contribution is 6.04. The van der Waals surface area contributed by atoms with Gasteiger partial charge in [-0.25, -0.2) is 0 Å². The molecule has 2 aromatic carbocycles. The summed E-state index contributed by atoms with van der Waals surface area (Å²) in [6.45, 7) is 4.08. The minimum atomic E-state index is -0.958. The minimum Gasteiger partial charge on any atom is -0.324 e. The average Bonchev–Trinajstić information content (AvgIpc) is 3.49. The molecule has 170 valence electrons. The number of aromatic nitrogens is 2. The lowest BCUT2D eigenvalue weighted by molar-refractivity contribution is -0.124. The molecular weight excluding hydrogens is 418 g/mol. The van der Waals surface area contributed by atoms with Crippen LogP contribution in [0, 0.1) is 0 Å². The van der Waals surface area contributed by atoms with Gasteiger partial charge in [-0.05, 0) is 63.1 Å². The van der Waals surface area contributed by atoms with Gasteiger partial charge in [-0.15, -0.1) is 0 Å². The van der Waals surface area contributed by atoms with Gasteiger partial charge < -0.3 is 15.5 Å². The van der Waals surface area contributed by atoms with E-state index in [0.717, 1.165) is 6.42 Å². The normalized spacial score (nSPS) is 18.5. The van der Waals surface area contributed by atoms with Gasteiger partial charge in [0.25, 0.3) is 5.91 Å². The SMILES string of the molecule is CC(C(=O)Nc1cccc(NC(=O)C2(C)CCCN2C(=O)c2ccccc2)c1)n1cccn1. The number of nitrogens with one attached hydrogen (secondary N) is 2. The Morgan fingerprint density at radius 2 is 1.73 bits per heavy atom. The van der Waals surface area contributed by atoms with Gasteiger partial charge in [0, 0.05) is 35.9 Å². The number of likely N-dealkylation sites (tertiary alicyclic amines) is 1. The number of carbonyl (C=O) groups is 3. The Balaban J connectivity index is 1.45. The summed E-state index contributed by atoms with van der Waals surface area (Å²) < 4.78 is 1.57. The lowest BCUT2D eigenvalue weighted by Crippen LogP contribution is -2.53. The third kappa shape index (κ3) is 4.64. The second kappa shape index (κ2) is 9.28. The van der Waals surface area contributed by atoms with Crippen molar-refractivity contribution in [2.45, 2.75) is 38.3 Å². The fraction of sp³-hybridized carbons (Fsp3) is 0.280. The predicted molar refractivity (Wildman–Crippen MR) is 126 cm³/mol. The number of anilines is 2. The van der Waals surface area contributed by atoms with Gasteiger partial charge in [0.15, 0.2) is 0 Å². The highest BCUT2D eigenvalue weighted by atomic mass is 16.2. The van der Waals surface area contributed by atoms with Crippen molar-refractivity contribution in [1.82, 2.24) is 14.7 Å². The zero-order valence-corrected chi connectivity index (χ0v) is 18.7. The van der Waals surface area contributed by atoms with Crippen LogP contribution < -0.4 is 10.6 Å². The first-order chi connectivity index (χ1) is 15.9. The van der Waals surface area contributed by atoms with E-state index in [-0.39, 0.29) is 17.7 Å². The molecule has 2 N–H and O–H groups in total. The molecule has 4 rings (SSSR count). The van der Waals surface area contributed by atoms with Crippen LogP contribution >= 0.6 is 0 Å². The molecule has 8 nitrogen and oxygen atoms in total. The Labute approximate surface area is 192 Å². The maximum atomic E-state index is 13.3. The lowest BCUT2D eigenvalue weighted by Gasteiger charge is -2.34. The maximum Gasteiger partial charge on any atom is 0.254 e. The standard InChI is InChI=1S/C25H27N5O3/c1-18(30-16-8-14-26-30)22(31)27-20-11-6-12-21(17-20)28-24(33)25(2)13-7-15-29(25)23(32)19-9-4-3-5-10-19/h3-6,8-12,14,16-18H,7,13,15H2,1-2H3,(H,27,31)(H,28,33). The molecule has 33 heavy (non-hydrogen) atoms. The van der Waals surface area contributed by atoms with Gasteiger partial charge in [0.2, 0.25) is 11.8 Å². The zero-order valence-electron chi connectivity index (χ0n) is 18.7. The summed E-state index contributed by atoms with van der Waals surface area (Å²) in [5.41, 5.74) is 0.714. The number of benzene rings is 2. The van der Waals surface area contributed by atoms with Gasteiger partial charge in [-0.3, -0.25) is 19.1 Å². The first-order valence-electron chi connectivity index (χ1n) is 11.0. The first-order valence-corrected chi connectivity index (χ1v) is 11.0. The van der Waals surface area contributed by atoms with Gasteiger partial charge in [-0.2, -0.15) is 5.10 Å². The van der Waals surface area contributed by atoms with E-state index in [1.807, 2.05) is 18.2 Å². The van der Waals surface area contributed by atoms with Gasteiger partial charge in [0.05, 0.1) is 0 Å². The third-order valence-electron chi connectivity index (χ3n) is 6.09. The van der Waals surface area contributed by atoms with Crippen molar-refractivity contribution in [2.75, 3.05) is 17.2 Å². The molecule has 2 unspecified atom stereocenters. The van der Waals surface area contributed by atoms with Crippen molar-refractivity contribution >= 4 is 29.1 Å². The van der Waals surface area contributed by atoms with Crippen LogP contribution in [0.5, 0.6) is 0 Å². The molecule has 1 aromatic heterocycles. The van der Waals surface area contributed by atoms with E-state index in [4.69, 9.17) is 0 Å². The fourth-order valence-electron chi connectivity index (χ4n) is 4.08. The monoisotopic (exact) mass is 445 g/mol. The molecule has 0 aliphatic carbocycles. The fourth-order valence-corrected chi connectivity index (χ4v) is 4.08. The van der Waals surface area contributed by atoms with Crippen molar-refractivity contribution in [2.24, 2.45) is 0 Å². The topological polar surface area (TPSA) is 96.3 Å². The van der Waals surface area contributed by atoms with E-state index < -0.39 is 11.6 Å². The quantitative estimate of drug-likeness (QED) is 0.604. The van der Waals surface area contributed by atoms with Crippen molar-refractivity contribution in [3.63, 3.8) is 0 Å². The van der Waals surface area contributed by atoms with E-state index in [9.17, 15) is 14.4 Å². The Morgan fingerprint density at radius 1 is 1.00 bits per heavy atom. The molecule has 8 heteroatoms. The summed E-state index contributed by atoms with van der Waals surface area (Å²) in [5.74, 6) is -0.624. The third-order valence-corrected chi connectivity index (χ3v) is 6.09. The summed E-state index contributed by atoms with van der Waals surface area (Å²) >= 11 is 0. The van der Waals surface area contributed by atoms with Crippen molar-refractivity contribution in [3.8, 4) is 0 Å². The number of hydrogen-bond acceptors (Lipinski definition) is 4. The number of rotatable bonds is 6. The molecule has 1 aliphatic heterocycles. The molecule has 1 aliphatic rings. The van der Waals surface area contributed by atoms with Crippen LogP contribution in [0.15, 0.2) is 73.1 Å². The second-order valence-electron chi connectivity index (χ2n) is 8.39. The van der Waals surface area contributed by atoms with Gasteiger partial charge in [0.1, 0.15) is 11.6 Å². The highest BCUT2D eigenvalue weighted by Crippen LogP contribution is 2.32. The number of hydrogen-bond donors (Lipinski definition) is 2. The van der Waals surface area contributed by atoms with Crippen LogP contribution in [0.2, 0.25) is 0 Å². The Morgan fingerprint density at radius 3 is 2.42 bits per heavy atom. The summed E-state index contributed by atoms with van der Waals surface area (Å²) in [7, 11) is 0. The zero-order chi connectivity index (χ0) is 23.4. The summed E-state index contributed by atoms with van der Waals surface area (Å²) in [6.07, 6.45) is 4.68.